The number of carbonyl (C=O) groups excluding carboxylic acids is 1. The molecule has 1 fully saturated rings. The van der Waals surface area contributed by atoms with Crippen LogP contribution in [0, 0.1) is 0 Å². The van der Waals surface area contributed by atoms with Gasteiger partial charge in [0.2, 0.25) is 11.8 Å². The molecular formula is C15H23N3O3S. The molecule has 0 aliphatic heterocycles. The third-order valence-electron chi connectivity index (χ3n) is 3.95. The summed E-state index contributed by atoms with van der Waals surface area (Å²) in [6.07, 6.45) is 4.94. The van der Waals surface area contributed by atoms with E-state index in [9.17, 15) is 14.7 Å². The number of hydrogen-bond acceptors (Lipinski definition) is 5. The lowest BCUT2D eigenvalue weighted by molar-refractivity contribution is -0.119. The number of hydrogen-bond donors (Lipinski definition) is 2. The van der Waals surface area contributed by atoms with Crippen molar-refractivity contribution < 1.29 is 9.90 Å². The Morgan fingerprint density at radius 1 is 1.55 bits per heavy atom. The minimum atomic E-state index is -0.288. The van der Waals surface area contributed by atoms with Crippen LogP contribution >= 0.6 is 11.8 Å². The van der Waals surface area contributed by atoms with E-state index in [4.69, 9.17) is 0 Å². The monoisotopic (exact) mass is 325 g/mol. The first-order chi connectivity index (χ1) is 10.5. The van der Waals surface area contributed by atoms with Gasteiger partial charge in [0.1, 0.15) is 0 Å². The molecule has 2 rings (SSSR count). The highest BCUT2D eigenvalue weighted by molar-refractivity contribution is 7.99. The van der Waals surface area contributed by atoms with Gasteiger partial charge >= 0.3 is 0 Å². The number of nitrogens with one attached hydrogen (secondary N) is 1. The van der Waals surface area contributed by atoms with Crippen molar-refractivity contribution >= 4 is 17.7 Å². The molecule has 22 heavy (non-hydrogen) atoms. The van der Waals surface area contributed by atoms with Gasteiger partial charge in [-0.25, -0.2) is 0 Å². The van der Waals surface area contributed by atoms with Crippen LogP contribution in [0.15, 0.2) is 16.0 Å². The van der Waals surface area contributed by atoms with E-state index < -0.39 is 0 Å². The lowest BCUT2D eigenvalue weighted by atomic mass is 10.2. The molecule has 1 aromatic heterocycles. The van der Waals surface area contributed by atoms with Crippen LogP contribution in [-0.2, 0) is 4.79 Å². The van der Waals surface area contributed by atoms with Gasteiger partial charge in [-0.3, -0.25) is 14.2 Å². The second-order valence-electron chi connectivity index (χ2n) is 5.71. The molecule has 0 unspecified atom stereocenters. The summed E-state index contributed by atoms with van der Waals surface area (Å²) in [6.45, 7) is 3.95. The van der Waals surface area contributed by atoms with Gasteiger partial charge < -0.3 is 10.4 Å². The molecular weight excluding hydrogens is 302 g/mol. The lowest BCUT2D eigenvalue weighted by Crippen LogP contribution is -2.33. The summed E-state index contributed by atoms with van der Waals surface area (Å²) < 4.78 is 1.63. The maximum Gasteiger partial charge on any atom is 0.258 e. The molecule has 1 aliphatic carbocycles. The van der Waals surface area contributed by atoms with Crippen molar-refractivity contribution in [2.75, 3.05) is 5.75 Å². The SMILES string of the molecule is CC[C@@H](C)NC(=O)CSc1nc(O)cc(=O)n1C1CCCC1. The second-order valence-corrected chi connectivity index (χ2v) is 6.65. The molecule has 6 nitrogen and oxygen atoms in total. The predicted molar refractivity (Wildman–Crippen MR) is 86.3 cm³/mol. The number of nitrogens with zero attached hydrogens (tertiary/aromatic N) is 2. The molecule has 0 aromatic carbocycles. The van der Waals surface area contributed by atoms with Gasteiger partial charge in [-0.2, -0.15) is 4.98 Å². The molecule has 1 saturated carbocycles. The van der Waals surface area contributed by atoms with Gasteiger partial charge in [0.05, 0.1) is 11.8 Å². The maximum atomic E-state index is 12.2. The van der Waals surface area contributed by atoms with Crippen molar-refractivity contribution in [1.82, 2.24) is 14.9 Å². The largest absolute Gasteiger partial charge is 0.493 e. The van der Waals surface area contributed by atoms with Crippen molar-refractivity contribution in [2.45, 2.75) is 63.2 Å². The number of amides is 1. The molecule has 0 radical (unpaired) electrons. The minimum Gasteiger partial charge on any atom is -0.493 e. The first-order valence-electron chi connectivity index (χ1n) is 7.76. The van der Waals surface area contributed by atoms with Gasteiger partial charge in [-0.1, -0.05) is 31.5 Å². The average molecular weight is 325 g/mol. The second kappa shape index (κ2) is 7.67. The first kappa shape index (κ1) is 16.9. The van der Waals surface area contributed by atoms with Crippen LogP contribution in [0.3, 0.4) is 0 Å². The molecule has 1 atom stereocenters. The highest BCUT2D eigenvalue weighted by atomic mass is 32.2. The van der Waals surface area contributed by atoms with Crippen LogP contribution in [0.25, 0.3) is 0 Å². The summed E-state index contributed by atoms with van der Waals surface area (Å²) >= 11 is 1.20. The fourth-order valence-electron chi connectivity index (χ4n) is 2.61. The zero-order valence-corrected chi connectivity index (χ0v) is 13.9. The third-order valence-corrected chi connectivity index (χ3v) is 4.90. The van der Waals surface area contributed by atoms with Crippen LogP contribution in [0.4, 0.5) is 0 Å². The molecule has 122 valence electrons. The molecule has 2 N–H and O–H groups in total. The standard InChI is InChI=1S/C15H23N3O3S/c1-3-10(2)16-13(20)9-22-15-17-12(19)8-14(21)18(15)11-6-4-5-7-11/h8,10-11,19H,3-7,9H2,1-2H3,(H,16,20)/t10-/m1/s1. The summed E-state index contributed by atoms with van der Waals surface area (Å²) in [6, 6.07) is 1.39. The zero-order valence-electron chi connectivity index (χ0n) is 13.0. The van der Waals surface area contributed by atoms with E-state index in [0.717, 1.165) is 38.2 Å². The maximum absolute atomic E-state index is 12.2. The van der Waals surface area contributed by atoms with E-state index in [1.807, 2.05) is 13.8 Å². The average Bonchev–Trinajstić information content (AvgIpc) is 2.98. The van der Waals surface area contributed by atoms with Crippen LogP contribution in [0.1, 0.15) is 52.0 Å². The Morgan fingerprint density at radius 2 is 2.23 bits per heavy atom. The smallest absolute Gasteiger partial charge is 0.258 e. The first-order valence-corrected chi connectivity index (χ1v) is 8.74. The Hall–Kier alpha value is -1.50. The predicted octanol–water partition coefficient (Wildman–Crippen LogP) is 2.07. The van der Waals surface area contributed by atoms with Crippen molar-refractivity contribution in [1.29, 1.82) is 0 Å². The lowest BCUT2D eigenvalue weighted by Gasteiger charge is -2.17. The van der Waals surface area contributed by atoms with E-state index in [1.165, 1.54) is 11.8 Å². The number of rotatable bonds is 6. The molecule has 1 aromatic rings. The Balaban J connectivity index is 2.12. The molecule has 0 bridgehead atoms. The molecule has 0 spiro atoms. The Labute approximate surface area is 134 Å². The highest BCUT2D eigenvalue weighted by Gasteiger charge is 2.22. The third kappa shape index (κ3) is 4.25. The van der Waals surface area contributed by atoms with E-state index in [1.54, 1.807) is 4.57 Å². The molecule has 1 heterocycles. The van der Waals surface area contributed by atoms with Gasteiger partial charge in [-0.15, -0.1) is 0 Å². The van der Waals surface area contributed by atoms with Crippen molar-refractivity contribution in [3.05, 3.63) is 16.4 Å². The van der Waals surface area contributed by atoms with Crippen LogP contribution < -0.4 is 10.9 Å². The molecule has 7 heteroatoms. The van der Waals surface area contributed by atoms with Gasteiger partial charge in [-0.05, 0) is 26.2 Å². The van der Waals surface area contributed by atoms with E-state index >= 15 is 0 Å². The number of carbonyl (C=O) groups is 1. The highest BCUT2D eigenvalue weighted by Crippen LogP contribution is 2.31. The van der Waals surface area contributed by atoms with Crippen LogP contribution in [0.5, 0.6) is 5.88 Å². The summed E-state index contributed by atoms with van der Waals surface area (Å²) in [5.74, 6) is -0.188. The Morgan fingerprint density at radius 3 is 2.86 bits per heavy atom. The normalized spacial score (nSPS) is 16.6. The topological polar surface area (TPSA) is 84.2 Å². The number of aromatic nitrogens is 2. The van der Waals surface area contributed by atoms with Crippen LogP contribution in [-0.4, -0.2) is 32.4 Å². The van der Waals surface area contributed by atoms with Crippen molar-refractivity contribution in [3.63, 3.8) is 0 Å². The van der Waals surface area contributed by atoms with E-state index in [-0.39, 0.29) is 35.2 Å². The number of thioether (sulfide) groups is 1. The van der Waals surface area contributed by atoms with Gasteiger partial charge in [0.25, 0.3) is 5.56 Å². The summed E-state index contributed by atoms with van der Waals surface area (Å²) in [4.78, 5) is 28.1. The Kier molecular flexibility index (Phi) is 5.88. The van der Waals surface area contributed by atoms with Crippen LogP contribution in [0.2, 0.25) is 0 Å². The summed E-state index contributed by atoms with van der Waals surface area (Å²) in [5, 5.41) is 12.9. The van der Waals surface area contributed by atoms with Crippen molar-refractivity contribution in [3.8, 4) is 5.88 Å². The minimum absolute atomic E-state index is 0.0880. The fourth-order valence-corrected chi connectivity index (χ4v) is 3.49. The Bertz CT molecular complexity index is 582. The summed E-state index contributed by atoms with van der Waals surface area (Å²) in [5.41, 5.74) is -0.246. The van der Waals surface area contributed by atoms with Gasteiger partial charge in [0, 0.05) is 12.1 Å². The van der Waals surface area contributed by atoms with E-state index in [2.05, 4.69) is 10.3 Å². The van der Waals surface area contributed by atoms with E-state index in [0.29, 0.717) is 5.16 Å². The quantitative estimate of drug-likeness (QED) is 0.618. The zero-order chi connectivity index (χ0) is 16.1. The van der Waals surface area contributed by atoms with Gasteiger partial charge in [0.15, 0.2) is 5.16 Å². The molecule has 1 aliphatic rings. The van der Waals surface area contributed by atoms with Crippen molar-refractivity contribution in [2.24, 2.45) is 0 Å². The molecule has 0 saturated heterocycles. The molecule has 1 amide bonds. The fraction of sp³-hybridized carbons (Fsp3) is 0.667. The number of aromatic hydroxyl groups is 1. The summed E-state index contributed by atoms with van der Waals surface area (Å²) in [7, 11) is 0.